The SMILES string of the molecule is CC(C(=O)O)S(=O)(=O)Nc1cccc2cn[nH]c12. The molecule has 7 nitrogen and oxygen atoms in total. The number of aliphatic carboxylic acids is 1. The van der Waals surface area contributed by atoms with Crippen LogP contribution in [-0.2, 0) is 14.8 Å². The maximum Gasteiger partial charge on any atom is 0.323 e. The summed E-state index contributed by atoms with van der Waals surface area (Å²) in [7, 11) is -3.98. The van der Waals surface area contributed by atoms with Crippen LogP contribution in [0, 0.1) is 0 Å². The molecule has 96 valence electrons. The molecular weight excluding hydrogens is 258 g/mol. The molecule has 1 atom stereocenters. The van der Waals surface area contributed by atoms with Crippen LogP contribution >= 0.6 is 0 Å². The molecule has 2 rings (SSSR count). The Bertz CT molecular complexity index is 692. The number of benzene rings is 1. The molecule has 1 aromatic carbocycles. The third-order valence-electron chi connectivity index (χ3n) is 2.54. The average molecular weight is 269 g/mol. The second-order valence-corrected chi connectivity index (χ2v) is 5.77. The van der Waals surface area contributed by atoms with Gasteiger partial charge in [-0.3, -0.25) is 14.6 Å². The summed E-state index contributed by atoms with van der Waals surface area (Å²) in [5.41, 5.74) is 0.789. The molecule has 0 saturated carbocycles. The Labute approximate surface area is 103 Å². The lowest BCUT2D eigenvalue weighted by atomic mass is 10.2. The number of hydrogen-bond acceptors (Lipinski definition) is 4. The average Bonchev–Trinajstić information content (AvgIpc) is 2.76. The van der Waals surface area contributed by atoms with Gasteiger partial charge in [-0.1, -0.05) is 12.1 Å². The smallest absolute Gasteiger partial charge is 0.323 e. The lowest BCUT2D eigenvalue weighted by Crippen LogP contribution is -2.32. The maximum absolute atomic E-state index is 11.8. The van der Waals surface area contributed by atoms with Crippen LogP contribution in [0.3, 0.4) is 0 Å². The molecular formula is C10H11N3O4S. The number of carbonyl (C=O) groups is 1. The van der Waals surface area contributed by atoms with Gasteiger partial charge in [0.2, 0.25) is 10.0 Å². The molecule has 0 radical (unpaired) electrons. The van der Waals surface area contributed by atoms with E-state index in [4.69, 9.17) is 5.11 Å². The molecule has 2 aromatic rings. The third-order valence-corrected chi connectivity index (χ3v) is 4.18. The first-order valence-corrected chi connectivity index (χ1v) is 6.63. The number of sulfonamides is 1. The van der Waals surface area contributed by atoms with Crippen LogP contribution in [0.25, 0.3) is 10.9 Å². The number of carboxylic acids is 1. The van der Waals surface area contributed by atoms with Crippen molar-refractivity contribution in [3.05, 3.63) is 24.4 Å². The van der Waals surface area contributed by atoms with Gasteiger partial charge in [0.25, 0.3) is 0 Å². The van der Waals surface area contributed by atoms with Crippen molar-refractivity contribution in [2.45, 2.75) is 12.2 Å². The highest BCUT2D eigenvalue weighted by atomic mass is 32.2. The van der Waals surface area contributed by atoms with Crippen molar-refractivity contribution in [3.8, 4) is 0 Å². The van der Waals surface area contributed by atoms with E-state index in [1.165, 1.54) is 6.07 Å². The number of fused-ring (bicyclic) bond motifs is 1. The van der Waals surface area contributed by atoms with Gasteiger partial charge < -0.3 is 5.11 Å². The predicted octanol–water partition coefficient (Wildman–Crippen LogP) is 0.778. The van der Waals surface area contributed by atoms with Crippen LogP contribution in [0.2, 0.25) is 0 Å². The molecule has 0 amide bonds. The van der Waals surface area contributed by atoms with Crippen LogP contribution < -0.4 is 4.72 Å². The first kappa shape index (κ1) is 12.4. The zero-order valence-electron chi connectivity index (χ0n) is 9.41. The van der Waals surface area contributed by atoms with E-state index in [1.807, 2.05) is 0 Å². The summed E-state index contributed by atoms with van der Waals surface area (Å²) in [5, 5.41) is 14.4. The van der Waals surface area contributed by atoms with Gasteiger partial charge in [-0.2, -0.15) is 5.10 Å². The second kappa shape index (κ2) is 4.30. The fourth-order valence-electron chi connectivity index (χ4n) is 1.43. The summed E-state index contributed by atoms with van der Waals surface area (Å²) in [5.74, 6) is -1.40. The number of aromatic amines is 1. The molecule has 0 aliphatic rings. The van der Waals surface area contributed by atoms with Gasteiger partial charge in [0.15, 0.2) is 5.25 Å². The fraction of sp³-hybridized carbons (Fsp3) is 0.200. The van der Waals surface area contributed by atoms with Crippen LogP contribution in [0.5, 0.6) is 0 Å². The van der Waals surface area contributed by atoms with E-state index in [2.05, 4.69) is 14.9 Å². The van der Waals surface area contributed by atoms with Gasteiger partial charge in [-0.05, 0) is 13.0 Å². The number of aromatic nitrogens is 2. The van der Waals surface area contributed by atoms with Gasteiger partial charge in [-0.15, -0.1) is 0 Å². The Kier molecular flexibility index (Phi) is 2.95. The Balaban J connectivity index is 2.40. The predicted molar refractivity (Wildman–Crippen MR) is 65.7 cm³/mol. The number of rotatable bonds is 4. The number of hydrogen-bond donors (Lipinski definition) is 3. The lowest BCUT2D eigenvalue weighted by molar-refractivity contribution is -0.136. The van der Waals surface area contributed by atoms with Crippen molar-refractivity contribution < 1.29 is 18.3 Å². The molecule has 3 N–H and O–H groups in total. The van der Waals surface area contributed by atoms with Gasteiger partial charge in [-0.25, -0.2) is 8.42 Å². The Morgan fingerprint density at radius 1 is 1.50 bits per heavy atom. The van der Waals surface area contributed by atoms with E-state index in [0.29, 0.717) is 5.52 Å². The third kappa shape index (κ3) is 2.14. The summed E-state index contributed by atoms with van der Waals surface area (Å²) < 4.78 is 25.8. The highest BCUT2D eigenvalue weighted by Crippen LogP contribution is 2.22. The molecule has 0 aliphatic heterocycles. The number of para-hydroxylation sites is 1. The summed E-state index contributed by atoms with van der Waals surface area (Å²) in [6.45, 7) is 1.11. The van der Waals surface area contributed by atoms with Crippen molar-refractivity contribution in [2.24, 2.45) is 0 Å². The molecule has 0 fully saturated rings. The lowest BCUT2D eigenvalue weighted by Gasteiger charge is -2.11. The summed E-state index contributed by atoms with van der Waals surface area (Å²) in [4.78, 5) is 10.7. The van der Waals surface area contributed by atoms with E-state index >= 15 is 0 Å². The quantitative estimate of drug-likeness (QED) is 0.759. The van der Waals surface area contributed by atoms with Crippen LogP contribution in [0.15, 0.2) is 24.4 Å². The van der Waals surface area contributed by atoms with E-state index in [-0.39, 0.29) is 5.69 Å². The van der Waals surface area contributed by atoms with E-state index < -0.39 is 21.2 Å². The standard InChI is InChI=1S/C10H11N3O4S/c1-6(10(14)15)18(16,17)13-8-4-2-3-7-5-11-12-9(7)8/h2-6,13H,1H3,(H,11,12)(H,14,15). The van der Waals surface area contributed by atoms with Crippen molar-refractivity contribution in [1.29, 1.82) is 0 Å². The molecule has 0 spiro atoms. The Morgan fingerprint density at radius 2 is 2.22 bits per heavy atom. The minimum absolute atomic E-state index is 0.276. The van der Waals surface area contributed by atoms with Crippen molar-refractivity contribution in [2.75, 3.05) is 4.72 Å². The molecule has 0 saturated heterocycles. The molecule has 1 aromatic heterocycles. The van der Waals surface area contributed by atoms with Crippen LogP contribution in [0.4, 0.5) is 5.69 Å². The number of anilines is 1. The molecule has 8 heteroatoms. The maximum atomic E-state index is 11.8. The first-order chi connectivity index (χ1) is 8.42. The molecule has 0 aliphatic carbocycles. The van der Waals surface area contributed by atoms with Crippen LogP contribution in [-0.4, -0.2) is 34.9 Å². The second-order valence-electron chi connectivity index (χ2n) is 3.77. The molecule has 1 heterocycles. The Hall–Kier alpha value is -2.09. The number of nitrogens with one attached hydrogen (secondary N) is 2. The van der Waals surface area contributed by atoms with Gasteiger partial charge in [0.05, 0.1) is 17.4 Å². The zero-order chi connectivity index (χ0) is 13.3. The number of nitrogens with zero attached hydrogens (tertiary/aromatic N) is 1. The normalized spacial score (nSPS) is 13.4. The molecule has 1 unspecified atom stereocenters. The topological polar surface area (TPSA) is 112 Å². The highest BCUT2D eigenvalue weighted by Gasteiger charge is 2.28. The largest absolute Gasteiger partial charge is 0.480 e. The minimum Gasteiger partial charge on any atom is -0.480 e. The summed E-state index contributed by atoms with van der Waals surface area (Å²) in [6, 6.07) is 4.95. The highest BCUT2D eigenvalue weighted by molar-refractivity contribution is 7.94. The fourth-order valence-corrected chi connectivity index (χ4v) is 2.35. The van der Waals surface area contributed by atoms with Gasteiger partial charge in [0.1, 0.15) is 0 Å². The zero-order valence-corrected chi connectivity index (χ0v) is 10.2. The van der Waals surface area contributed by atoms with Crippen molar-refractivity contribution in [1.82, 2.24) is 10.2 Å². The van der Waals surface area contributed by atoms with E-state index in [0.717, 1.165) is 12.3 Å². The van der Waals surface area contributed by atoms with Crippen molar-refractivity contribution in [3.63, 3.8) is 0 Å². The summed E-state index contributed by atoms with van der Waals surface area (Å²) >= 11 is 0. The number of carboxylic acid groups (broad SMARTS) is 1. The summed E-state index contributed by atoms with van der Waals surface area (Å²) in [6.07, 6.45) is 1.55. The van der Waals surface area contributed by atoms with Gasteiger partial charge in [0, 0.05) is 5.39 Å². The Morgan fingerprint density at radius 3 is 2.89 bits per heavy atom. The first-order valence-electron chi connectivity index (χ1n) is 5.08. The van der Waals surface area contributed by atoms with E-state index in [1.54, 1.807) is 18.3 Å². The minimum atomic E-state index is -3.98. The number of H-pyrrole nitrogens is 1. The monoisotopic (exact) mass is 269 g/mol. The van der Waals surface area contributed by atoms with Crippen LogP contribution in [0.1, 0.15) is 6.92 Å². The van der Waals surface area contributed by atoms with Crippen molar-refractivity contribution >= 4 is 32.6 Å². The molecule has 0 bridgehead atoms. The molecule has 18 heavy (non-hydrogen) atoms. The van der Waals surface area contributed by atoms with E-state index in [9.17, 15) is 13.2 Å². The van der Waals surface area contributed by atoms with Gasteiger partial charge >= 0.3 is 5.97 Å².